The lowest BCUT2D eigenvalue weighted by molar-refractivity contribution is 1.04. The van der Waals surface area contributed by atoms with E-state index in [-0.39, 0.29) is 0 Å². The molecule has 0 aliphatic carbocycles. The standard InChI is InChI=1S/C8H8ClN3/c1-6-2-3-8(9)7(4-6)5-11-12-10/h2-4H,5H2,1H3. The van der Waals surface area contributed by atoms with E-state index in [1.54, 1.807) is 6.07 Å². The largest absolute Gasteiger partial charge is 0.0892 e. The van der Waals surface area contributed by atoms with Crippen molar-refractivity contribution >= 4 is 11.6 Å². The summed E-state index contributed by atoms with van der Waals surface area (Å²) in [6.07, 6.45) is 0. The average Bonchev–Trinajstić information content (AvgIpc) is 2.07. The predicted molar refractivity (Wildman–Crippen MR) is 49.0 cm³/mol. The van der Waals surface area contributed by atoms with Crippen molar-refractivity contribution in [2.24, 2.45) is 5.11 Å². The molecular formula is C8H8ClN3. The third kappa shape index (κ3) is 2.16. The molecule has 62 valence electrons. The van der Waals surface area contributed by atoms with Crippen LogP contribution >= 0.6 is 11.6 Å². The first-order valence-corrected chi connectivity index (χ1v) is 3.87. The Morgan fingerprint density at radius 2 is 2.33 bits per heavy atom. The Bertz CT molecular complexity index is 329. The highest BCUT2D eigenvalue weighted by Gasteiger charge is 1.97. The van der Waals surface area contributed by atoms with Crippen molar-refractivity contribution < 1.29 is 0 Å². The Labute approximate surface area is 75.6 Å². The molecule has 0 aliphatic rings. The highest BCUT2D eigenvalue weighted by atomic mass is 35.5. The number of aryl methyl sites for hydroxylation is 1. The van der Waals surface area contributed by atoms with Crippen molar-refractivity contribution in [3.63, 3.8) is 0 Å². The summed E-state index contributed by atoms with van der Waals surface area (Å²) in [6, 6.07) is 5.64. The molecule has 0 aliphatic heterocycles. The second kappa shape index (κ2) is 4.00. The number of rotatable bonds is 2. The molecule has 1 rings (SSSR count). The van der Waals surface area contributed by atoms with Gasteiger partial charge in [0.2, 0.25) is 0 Å². The molecular weight excluding hydrogens is 174 g/mol. The molecule has 0 unspecified atom stereocenters. The van der Waals surface area contributed by atoms with Crippen molar-refractivity contribution in [3.8, 4) is 0 Å². The summed E-state index contributed by atoms with van der Waals surface area (Å²) < 4.78 is 0. The van der Waals surface area contributed by atoms with Crippen molar-refractivity contribution in [3.05, 3.63) is 44.8 Å². The van der Waals surface area contributed by atoms with Crippen molar-refractivity contribution in [2.45, 2.75) is 13.5 Å². The van der Waals surface area contributed by atoms with E-state index in [1.807, 2.05) is 19.1 Å². The van der Waals surface area contributed by atoms with Crippen molar-refractivity contribution in [1.29, 1.82) is 0 Å². The molecule has 0 heterocycles. The van der Waals surface area contributed by atoms with Gasteiger partial charge in [-0.05, 0) is 24.1 Å². The van der Waals surface area contributed by atoms with Gasteiger partial charge in [-0.25, -0.2) is 0 Å². The summed E-state index contributed by atoms with van der Waals surface area (Å²) in [5.74, 6) is 0. The Kier molecular flexibility index (Phi) is 2.97. The van der Waals surface area contributed by atoms with Gasteiger partial charge in [0, 0.05) is 9.93 Å². The minimum atomic E-state index is 0.316. The summed E-state index contributed by atoms with van der Waals surface area (Å²) in [6.45, 7) is 2.28. The summed E-state index contributed by atoms with van der Waals surface area (Å²) in [4.78, 5) is 2.67. The van der Waals surface area contributed by atoms with Crippen LogP contribution in [0.1, 0.15) is 11.1 Å². The lowest BCUT2D eigenvalue weighted by atomic mass is 10.1. The molecule has 4 heteroatoms. The molecule has 0 radical (unpaired) electrons. The number of hydrogen-bond acceptors (Lipinski definition) is 1. The Morgan fingerprint density at radius 1 is 1.58 bits per heavy atom. The number of azide groups is 1. The normalized spacial score (nSPS) is 9.17. The van der Waals surface area contributed by atoms with Crippen molar-refractivity contribution in [1.82, 2.24) is 0 Å². The fraction of sp³-hybridized carbons (Fsp3) is 0.250. The smallest absolute Gasteiger partial charge is 0.0525 e. The minimum Gasteiger partial charge on any atom is -0.0892 e. The zero-order valence-corrected chi connectivity index (χ0v) is 7.41. The predicted octanol–water partition coefficient (Wildman–Crippen LogP) is 3.46. The van der Waals surface area contributed by atoms with E-state index in [2.05, 4.69) is 10.0 Å². The second-order valence-corrected chi connectivity index (χ2v) is 2.89. The second-order valence-electron chi connectivity index (χ2n) is 2.48. The first-order valence-electron chi connectivity index (χ1n) is 3.50. The maximum Gasteiger partial charge on any atom is 0.0525 e. The van der Waals surface area contributed by atoms with E-state index in [1.165, 1.54) is 0 Å². The maximum absolute atomic E-state index is 8.10. The van der Waals surface area contributed by atoms with Gasteiger partial charge in [-0.3, -0.25) is 0 Å². The topological polar surface area (TPSA) is 48.8 Å². The average molecular weight is 182 g/mol. The fourth-order valence-electron chi connectivity index (χ4n) is 0.932. The lowest BCUT2D eigenvalue weighted by Crippen LogP contribution is -1.83. The van der Waals surface area contributed by atoms with E-state index in [9.17, 15) is 0 Å². The molecule has 0 fully saturated rings. The molecule has 1 aromatic rings. The zero-order valence-electron chi connectivity index (χ0n) is 6.66. The van der Waals surface area contributed by atoms with Crippen LogP contribution in [0.3, 0.4) is 0 Å². The van der Waals surface area contributed by atoms with E-state index < -0.39 is 0 Å². The molecule has 0 saturated carbocycles. The van der Waals surface area contributed by atoms with E-state index in [4.69, 9.17) is 17.1 Å². The van der Waals surface area contributed by atoms with Gasteiger partial charge < -0.3 is 0 Å². The van der Waals surface area contributed by atoms with Gasteiger partial charge in [0.05, 0.1) is 6.54 Å². The molecule has 12 heavy (non-hydrogen) atoms. The number of hydrogen-bond donors (Lipinski definition) is 0. The lowest BCUT2D eigenvalue weighted by Gasteiger charge is -2.00. The van der Waals surface area contributed by atoms with Gasteiger partial charge >= 0.3 is 0 Å². The molecule has 0 amide bonds. The van der Waals surface area contributed by atoms with Crippen LogP contribution in [0, 0.1) is 6.92 Å². The van der Waals surface area contributed by atoms with Crippen LogP contribution in [0.5, 0.6) is 0 Å². The third-order valence-electron chi connectivity index (χ3n) is 1.51. The van der Waals surface area contributed by atoms with Crippen LogP contribution in [-0.2, 0) is 6.54 Å². The minimum absolute atomic E-state index is 0.316. The number of nitrogens with zero attached hydrogens (tertiary/aromatic N) is 3. The van der Waals surface area contributed by atoms with Crippen LogP contribution in [0.4, 0.5) is 0 Å². The number of halogens is 1. The quantitative estimate of drug-likeness (QED) is 0.381. The van der Waals surface area contributed by atoms with E-state index in [0.29, 0.717) is 11.6 Å². The van der Waals surface area contributed by atoms with Gasteiger partial charge in [0.1, 0.15) is 0 Å². The molecule has 0 bridgehead atoms. The first kappa shape index (κ1) is 8.91. The Hall–Kier alpha value is -1.18. The summed E-state index contributed by atoms with van der Waals surface area (Å²) in [5, 5.41) is 4.09. The highest BCUT2D eigenvalue weighted by Crippen LogP contribution is 2.17. The van der Waals surface area contributed by atoms with Gasteiger partial charge in [-0.1, -0.05) is 34.4 Å². The van der Waals surface area contributed by atoms with Gasteiger partial charge in [0.25, 0.3) is 0 Å². The molecule has 0 spiro atoms. The molecule has 0 aromatic heterocycles. The highest BCUT2D eigenvalue weighted by molar-refractivity contribution is 6.31. The summed E-state index contributed by atoms with van der Waals surface area (Å²) in [7, 11) is 0. The van der Waals surface area contributed by atoms with Crippen LogP contribution in [0.2, 0.25) is 5.02 Å². The monoisotopic (exact) mass is 181 g/mol. The fourth-order valence-corrected chi connectivity index (χ4v) is 1.11. The van der Waals surface area contributed by atoms with Gasteiger partial charge in [0.15, 0.2) is 0 Å². The molecule has 0 atom stereocenters. The summed E-state index contributed by atoms with van der Waals surface area (Å²) >= 11 is 5.85. The number of benzene rings is 1. The molecule has 3 nitrogen and oxygen atoms in total. The van der Waals surface area contributed by atoms with Crippen LogP contribution in [0.25, 0.3) is 10.4 Å². The first-order chi connectivity index (χ1) is 5.74. The van der Waals surface area contributed by atoms with Crippen LogP contribution in [-0.4, -0.2) is 0 Å². The van der Waals surface area contributed by atoms with Crippen LogP contribution in [0.15, 0.2) is 23.3 Å². The summed E-state index contributed by atoms with van der Waals surface area (Å²) in [5.41, 5.74) is 10.1. The molecule has 0 saturated heterocycles. The SMILES string of the molecule is Cc1ccc(Cl)c(CN=[N+]=[N-])c1. The molecule has 1 aromatic carbocycles. The van der Waals surface area contributed by atoms with Crippen molar-refractivity contribution in [2.75, 3.05) is 0 Å². The third-order valence-corrected chi connectivity index (χ3v) is 1.87. The Morgan fingerprint density at radius 3 is 3.00 bits per heavy atom. The van der Waals surface area contributed by atoms with Crippen LogP contribution < -0.4 is 0 Å². The van der Waals surface area contributed by atoms with Gasteiger partial charge in [-0.2, -0.15) is 0 Å². The van der Waals surface area contributed by atoms with Gasteiger partial charge in [-0.15, -0.1) is 0 Å². The van der Waals surface area contributed by atoms with E-state index in [0.717, 1.165) is 11.1 Å². The Balaban J connectivity index is 2.96. The zero-order chi connectivity index (χ0) is 8.97. The van der Waals surface area contributed by atoms with E-state index >= 15 is 0 Å². The maximum atomic E-state index is 8.10. The molecule has 0 N–H and O–H groups in total.